The Morgan fingerprint density at radius 2 is 1.25 bits per heavy atom. The molecule has 0 bridgehead atoms. The Balaban J connectivity index is -0.00000000500. The second kappa shape index (κ2) is 46.6. The van der Waals surface area contributed by atoms with E-state index in [9.17, 15) is 0 Å². The van der Waals surface area contributed by atoms with E-state index in [1.807, 2.05) is 6.79 Å². The fraction of sp³-hybridized carbons (Fsp3) is 0. The zero-order chi connectivity index (χ0) is 2.00. The fourth-order valence-electron chi connectivity index (χ4n) is 0. The van der Waals surface area contributed by atoms with E-state index in [1.165, 1.54) is 0 Å². The zero-order valence-corrected chi connectivity index (χ0v) is 4.58. The number of carbonyl (C=O) groups is 1. The van der Waals surface area contributed by atoms with Gasteiger partial charge in [0.1, 0.15) is 6.79 Å². The first-order valence-corrected chi connectivity index (χ1v) is 0.289. The molecule has 0 aliphatic heterocycles. The van der Waals surface area contributed by atoms with E-state index in [-0.39, 0.29) is 36.3 Å². The van der Waals surface area contributed by atoms with Gasteiger partial charge in [0.25, 0.3) is 0 Å². The van der Waals surface area contributed by atoms with Crippen molar-refractivity contribution in [3.63, 3.8) is 0 Å². The van der Waals surface area contributed by atoms with Gasteiger partial charge in [-0.15, -0.1) is 0 Å². The maximum Gasteiger partial charge on any atom is 0.106 e. The Bertz CT molecular complexity index is 8.00. The minimum atomic E-state index is 0. The molecule has 0 N–H and O–H groups in total. The normalized spacial score (nSPS) is 1.00. The van der Waals surface area contributed by atoms with Crippen LogP contribution in [0.2, 0.25) is 0 Å². The summed E-state index contributed by atoms with van der Waals surface area (Å²) in [7, 11) is 0. The van der Waals surface area contributed by atoms with Crippen molar-refractivity contribution in [2.45, 2.75) is 0 Å². The summed E-state index contributed by atoms with van der Waals surface area (Å²) < 4.78 is 0. The van der Waals surface area contributed by atoms with Crippen molar-refractivity contribution in [1.82, 2.24) is 0 Å². The van der Waals surface area contributed by atoms with Crippen molar-refractivity contribution in [2.24, 2.45) is 0 Å². The van der Waals surface area contributed by atoms with Gasteiger partial charge in [-0.05, 0) is 0 Å². The average Bonchev–Trinajstić information content (AvgIpc) is 1.00. The molecular formula is CH2CoORu. The molecule has 0 saturated heterocycles. The molecular weight excluding hydrogens is 188 g/mol. The summed E-state index contributed by atoms with van der Waals surface area (Å²) in [5.41, 5.74) is 0. The van der Waals surface area contributed by atoms with E-state index < -0.39 is 0 Å². The average molecular weight is 190 g/mol. The molecule has 0 aliphatic carbocycles. The fourth-order valence-corrected chi connectivity index (χ4v) is 0. The van der Waals surface area contributed by atoms with Crippen LogP contribution in [0.4, 0.5) is 0 Å². The topological polar surface area (TPSA) is 17.1 Å². The van der Waals surface area contributed by atoms with Crippen LogP contribution in [0.15, 0.2) is 0 Å². The summed E-state index contributed by atoms with van der Waals surface area (Å²) in [6, 6.07) is 0. The molecule has 0 aliphatic rings. The number of carbonyl (C=O) groups excluding carboxylic acids is 1. The number of hydrogen-bond acceptors (Lipinski definition) is 1. The molecule has 29 valence electrons. The van der Waals surface area contributed by atoms with Crippen molar-refractivity contribution in [3.05, 3.63) is 0 Å². The minimum Gasteiger partial charge on any atom is -0.307 e. The Kier molecular flexibility index (Phi) is 249. The first-order valence-electron chi connectivity index (χ1n) is 0.289. The molecule has 0 unspecified atom stereocenters. The van der Waals surface area contributed by atoms with E-state index in [0.717, 1.165) is 0 Å². The molecule has 0 aromatic heterocycles. The maximum atomic E-state index is 8.00. The van der Waals surface area contributed by atoms with Crippen LogP contribution < -0.4 is 0 Å². The third kappa shape index (κ3) is 14.2. The molecule has 0 aromatic rings. The monoisotopic (exact) mass is 191 g/mol. The van der Waals surface area contributed by atoms with Gasteiger partial charge in [0.05, 0.1) is 0 Å². The van der Waals surface area contributed by atoms with Gasteiger partial charge in [0.2, 0.25) is 0 Å². The first kappa shape index (κ1) is 21.4. The van der Waals surface area contributed by atoms with E-state index in [4.69, 9.17) is 4.79 Å². The zero-order valence-electron chi connectivity index (χ0n) is 1.80. The van der Waals surface area contributed by atoms with Gasteiger partial charge < -0.3 is 4.79 Å². The molecule has 0 atom stereocenters. The number of rotatable bonds is 0. The SMILES string of the molecule is C=O.[Co].[Ru]. The van der Waals surface area contributed by atoms with Gasteiger partial charge in [-0.3, -0.25) is 0 Å². The molecule has 1 radical (unpaired) electrons. The van der Waals surface area contributed by atoms with Crippen molar-refractivity contribution in [2.75, 3.05) is 0 Å². The molecule has 0 rings (SSSR count). The Morgan fingerprint density at radius 3 is 1.25 bits per heavy atom. The number of hydrogen-bond donors (Lipinski definition) is 0. The van der Waals surface area contributed by atoms with Gasteiger partial charge in [0.15, 0.2) is 0 Å². The standard InChI is InChI=1S/CH2O.Co.Ru/c1-2;;/h1H2;;. The first-order chi connectivity index (χ1) is 1.00. The molecule has 0 fully saturated rings. The molecule has 0 spiro atoms. The largest absolute Gasteiger partial charge is 0.307 e. The van der Waals surface area contributed by atoms with Crippen molar-refractivity contribution < 1.29 is 41.1 Å². The molecule has 0 aromatic carbocycles. The Hall–Kier alpha value is 0.800. The van der Waals surface area contributed by atoms with Crippen LogP contribution in [0.3, 0.4) is 0 Å². The van der Waals surface area contributed by atoms with Crippen molar-refractivity contribution in [3.8, 4) is 0 Å². The van der Waals surface area contributed by atoms with E-state index >= 15 is 0 Å². The summed E-state index contributed by atoms with van der Waals surface area (Å²) in [5.74, 6) is 0. The predicted octanol–water partition coefficient (Wildman–Crippen LogP) is -0.190. The van der Waals surface area contributed by atoms with Gasteiger partial charge >= 0.3 is 0 Å². The molecule has 0 heterocycles. The second-order valence-corrected chi connectivity index (χ2v) is 0. The smallest absolute Gasteiger partial charge is 0.106 e. The molecule has 3 heteroatoms. The van der Waals surface area contributed by atoms with Crippen LogP contribution in [0.5, 0.6) is 0 Å². The summed E-state index contributed by atoms with van der Waals surface area (Å²) in [5, 5.41) is 0. The molecule has 0 amide bonds. The maximum absolute atomic E-state index is 8.00. The summed E-state index contributed by atoms with van der Waals surface area (Å²) in [6.45, 7) is 2.00. The molecule has 0 saturated carbocycles. The van der Waals surface area contributed by atoms with E-state index in [2.05, 4.69) is 0 Å². The van der Waals surface area contributed by atoms with E-state index in [0.29, 0.717) is 0 Å². The summed E-state index contributed by atoms with van der Waals surface area (Å²) in [4.78, 5) is 8.00. The molecule has 1 nitrogen and oxygen atoms in total. The van der Waals surface area contributed by atoms with Crippen molar-refractivity contribution in [1.29, 1.82) is 0 Å². The van der Waals surface area contributed by atoms with Crippen LogP contribution in [0.25, 0.3) is 0 Å². The van der Waals surface area contributed by atoms with Crippen LogP contribution >= 0.6 is 0 Å². The van der Waals surface area contributed by atoms with Crippen molar-refractivity contribution >= 4 is 6.79 Å². The van der Waals surface area contributed by atoms with Gasteiger partial charge in [0, 0.05) is 36.3 Å². The summed E-state index contributed by atoms with van der Waals surface area (Å²) >= 11 is 0. The van der Waals surface area contributed by atoms with Gasteiger partial charge in [-0.2, -0.15) is 0 Å². The molecule has 4 heavy (non-hydrogen) atoms. The third-order valence-corrected chi connectivity index (χ3v) is 0. The van der Waals surface area contributed by atoms with E-state index in [1.54, 1.807) is 0 Å². The van der Waals surface area contributed by atoms with Crippen LogP contribution in [-0.2, 0) is 41.1 Å². The quantitative estimate of drug-likeness (QED) is 0.484. The van der Waals surface area contributed by atoms with Gasteiger partial charge in [-0.1, -0.05) is 0 Å². The predicted molar refractivity (Wildman–Crippen MR) is 7.12 cm³/mol. The summed E-state index contributed by atoms with van der Waals surface area (Å²) in [6.07, 6.45) is 0. The van der Waals surface area contributed by atoms with Gasteiger partial charge in [-0.25, -0.2) is 0 Å². The Morgan fingerprint density at radius 1 is 1.25 bits per heavy atom. The Labute approximate surface area is 48.1 Å². The van der Waals surface area contributed by atoms with Crippen LogP contribution in [-0.4, -0.2) is 6.79 Å². The van der Waals surface area contributed by atoms with Crippen LogP contribution in [0.1, 0.15) is 0 Å². The minimum absolute atomic E-state index is 0. The van der Waals surface area contributed by atoms with Crippen LogP contribution in [0, 0.1) is 0 Å². The third-order valence-electron chi connectivity index (χ3n) is 0. The second-order valence-electron chi connectivity index (χ2n) is 0.